The Morgan fingerprint density at radius 2 is 2.11 bits per heavy atom. The van der Waals surface area contributed by atoms with Gasteiger partial charge in [0.1, 0.15) is 6.54 Å². The number of carboxylic acid groups (broad SMARTS) is 1. The number of aryl methyl sites for hydroxylation is 1. The lowest BCUT2D eigenvalue weighted by Gasteiger charge is -2.16. The third kappa shape index (κ3) is 3.73. The molecule has 18 heavy (non-hydrogen) atoms. The fourth-order valence-electron chi connectivity index (χ4n) is 1.44. The van der Waals surface area contributed by atoms with Crippen molar-refractivity contribution in [2.24, 2.45) is 0 Å². The molecular weight excluding hydrogens is 236 g/mol. The highest BCUT2D eigenvalue weighted by atomic mass is 16.4. The predicted octanol–water partition coefficient (Wildman–Crippen LogP) is 0.0898. The Hall–Kier alpha value is -2.11. The zero-order valence-electron chi connectivity index (χ0n) is 10.4. The highest BCUT2D eigenvalue weighted by molar-refractivity contribution is 5.76. The Morgan fingerprint density at radius 3 is 2.72 bits per heavy atom. The summed E-state index contributed by atoms with van der Waals surface area (Å²) in [5, 5.41) is 8.52. The lowest BCUT2D eigenvalue weighted by molar-refractivity contribution is -0.138. The van der Waals surface area contributed by atoms with E-state index in [0.29, 0.717) is 5.56 Å². The summed E-state index contributed by atoms with van der Waals surface area (Å²) in [6, 6.07) is 3.37. The average molecular weight is 252 g/mol. The quantitative estimate of drug-likeness (QED) is 0.805. The van der Waals surface area contributed by atoms with E-state index >= 15 is 0 Å². The first-order valence-corrected chi connectivity index (χ1v) is 5.53. The summed E-state index contributed by atoms with van der Waals surface area (Å²) in [4.78, 5) is 35.2. The summed E-state index contributed by atoms with van der Waals surface area (Å²) in [7, 11) is 1.52. The van der Waals surface area contributed by atoms with Gasteiger partial charge in [0, 0.05) is 25.4 Å². The van der Waals surface area contributed by atoms with Gasteiger partial charge in [-0.3, -0.25) is 14.4 Å². The molecule has 0 aromatic carbocycles. The molecule has 6 nitrogen and oxygen atoms in total. The number of hydrogen-bond acceptors (Lipinski definition) is 3. The summed E-state index contributed by atoms with van der Waals surface area (Å²) in [6.45, 7) is 1.74. The van der Waals surface area contributed by atoms with Crippen LogP contribution in [-0.2, 0) is 16.1 Å². The maximum atomic E-state index is 11.8. The number of pyridine rings is 1. The third-order valence-electron chi connectivity index (χ3n) is 2.60. The van der Waals surface area contributed by atoms with Crippen molar-refractivity contribution in [3.63, 3.8) is 0 Å². The highest BCUT2D eigenvalue weighted by Gasteiger charge is 2.11. The van der Waals surface area contributed by atoms with E-state index in [2.05, 4.69) is 0 Å². The van der Waals surface area contributed by atoms with E-state index in [1.807, 2.05) is 0 Å². The van der Waals surface area contributed by atoms with Crippen molar-refractivity contribution in [1.82, 2.24) is 9.47 Å². The van der Waals surface area contributed by atoms with E-state index in [-0.39, 0.29) is 31.0 Å². The van der Waals surface area contributed by atoms with Gasteiger partial charge in [-0.15, -0.1) is 0 Å². The van der Waals surface area contributed by atoms with Gasteiger partial charge in [-0.1, -0.05) is 6.07 Å². The van der Waals surface area contributed by atoms with Crippen LogP contribution < -0.4 is 5.56 Å². The standard InChI is InChI=1S/C12H16N2O4/c1-9-4-3-6-14(12(9)18)8-10(15)13(2)7-5-11(16)17/h3-4,6H,5,7-8H2,1-2H3,(H,16,17). The van der Waals surface area contributed by atoms with Crippen LogP contribution >= 0.6 is 0 Å². The number of rotatable bonds is 5. The number of aromatic nitrogens is 1. The van der Waals surface area contributed by atoms with Crippen LogP contribution in [0, 0.1) is 6.92 Å². The second-order valence-electron chi connectivity index (χ2n) is 4.08. The molecule has 1 amide bonds. The molecule has 0 saturated heterocycles. The third-order valence-corrected chi connectivity index (χ3v) is 2.60. The van der Waals surface area contributed by atoms with E-state index in [1.54, 1.807) is 19.1 Å². The second-order valence-corrected chi connectivity index (χ2v) is 4.08. The average Bonchev–Trinajstić information content (AvgIpc) is 2.31. The first-order valence-electron chi connectivity index (χ1n) is 5.53. The maximum absolute atomic E-state index is 11.8. The minimum atomic E-state index is -0.956. The molecule has 0 atom stereocenters. The van der Waals surface area contributed by atoms with Crippen molar-refractivity contribution >= 4 is 11.9 Å². The van der Waals surface area contributed by atoms with Crippen LogP contribution in [0.3, 0.4) is 0 Å². The first kappa shape index (κ1) is 14.0. The van der Waals surface area contributed by atoms with Crippen LogP contribution in [0.2, 0.25) is 0 Å². The lowest BCUT2D eigenvalue weighted by Crippen LogP contribution is -2.35. The minimum absolute atomic E-state index is 0.0728. The van der Waals surface area contributed by atoms with Crippen LogP contribution in [0.15, 0.2) is 23.1 Å². The van der Waals surface area contributed by atoms with Gasteiger partial charge >= 0.3 is 5.97 Å². The first-order chi connectivity index (χ1) is 8.41. The number of hydrogen-bond donors (Lipinski definition) is 1. The SMILES string of the molecule is Cc1cccn(CC(=O)N(C)CCC(=O)O)c1=O. The second kappa shape index (κ2) is 6.00. The minimum Gasteiger partial charge on any atom is -0.481 e. The van der Waals surface area contributed by atoms with Gasteiger partial charge < -0.3 is 14.6 Å². The van der Waals surface area contributed by atoms with E-state index in [4.69, 9.17) is 5.11 Å². The van der Waals surface area contributed by atoms with Crippen LogP contribution in [0.1, 0.15) is 12.0 Å². The number of carboxylic acids is 1. The molecule has 1 aromatic heterocycles. The molecule has 1 aromatic rings. The molecule has 0 bridgehead atoms. The van der Waals surface area contributed by atoms with Gasteiger partial charge in [0.25, 0.3) is 5.56 Å². The molecule has 1 N–H and O–H groups in total. The Morgan fingerprint density at radius 1 is 1.44 bits per heavy atom. The maximum Gasteiger partial charge on any atom is 0.305 e. The van der Waals surface area contributed by atoms with Crippen LogP contribution in [0.4, 0.5) is 0 Å². The number of aliphatic carboxylic acids is 1. The molecule has 1 heterocycles. The van der Waals surface area contributed by atoms with Gasteiger partial charge in [-0.05, 0) is 13.0 Å². The molecule has 0 aliphatic heterocycles. The fourth-order valence-corrected chi connectivity index (χ4v) is 1.44. The molecule has 0 saturated carbocycles. The zero-order valence-corrected chi connectivity index (χ0v) is 10.4. The Bertz CT molecular complexity index is 507. The van der Waals surface area contributed by atoms with Gasteiger partial charge in [-0.25, -0.2) is 0 Å². The van der Waals surface area contributed by atoms with Crippen molar-refractivity contribution in [2.75, 3.05) is 13.6 Å². The largest absolute Gasteiger partial charge is 0.481 e. The van der Waals surface area contributed by atoms with Crippen LogP contribution in [0.5, 0.6) is 0 Å². The summed E-state index contributed by atoms with van der Waals surface area (Å²) in [5.41, 5.74) is 0.357. The van der Waals surface area contributed by atoms with Crippen molar-refractivity contribution in [2.45, 2.75) is 19.9 Å². The zero-order chi connectivity index (χ0) is 13.7. The molecule has 0 aliphatic carbocycles. The summed E-state index contributed by atoms with van der Waals surface area (Å²) < 4.78 is 1.31. The van der Waals surface area contributed by atoms with E-state index in [1.165, 1.54) is 22.7 Å². The van der Waals surface area contributed by atoms with Crippen molar-refractivity contribution < 1.29 is 14.7 Å². The fraction of sp³-hybridized carbons (Fsp3) is 0.417. The van der Waals surface area contributed by atoms with Gasteiger partial charge in [0.15, 0.2) is 0 Å². The van der Waals surface area contributed by atoms with E-state index in [0.717, 1.165) is 0 Å². The molecule has 6 heteroatoms. The molecule has 1 rings (SSSR count). The summed E-state index contributed by atoms with van der Waals surface area (Å²) in [5.74, 6) is -1.24. The molecular formula is C12H16N2O4. The van der Waals surface area contributed by atoms with Gasteiger partial charge in [-0.2, -0.15) is 0 Å². The van der Waals surface area contributed by atoms with Crippen molar-refractivity contribution in [3.05, 3.63) is 34.2 Å². The molecule has 0 unspecified atom stereocenters. The number of carbonyl (C=O) groups is 2. The smallest absolute Gasteiger partial charge is 0.305 e. The summed E-state index contributed by atoms with van der Waals surface area (Å²) in [6.07, 6.45) is 1.43. The highest BCUT2D eigenvalue weighted by Crippen LogP contribution is 1.94. The molecule has 0 radical (unpaired) electrons. The number of likely N-dealkylation sites (N-methyl/N-ethyl adjacent to an activating group) is 1. The Kier molecular flexibility index (Phi) is 4.65. The van der Waals surface area contributed by atoms with Crippen molar-refractivity contribution in [1.29, 1.82) is 0 Å². The molecule has 0 spiro atoms. The molecule has 0 aliphatic rings. The topological polar surface area (TPSA) is 79.6 Å². The summed E-state index contributed by atoms with van der Waals surface area (Å²) >= 11 is 0. The van der Waals surface area contributed by atoms with Crippen LogP contribution in [-0.4, -0.2) is 40.0 Å². The van der Waals surface area contributed by atoms with E-state index in [9.17, 15) is 14.4 Å². The van der Waals surface area contributed by atoms with Gasteiger partial charge in [0.05, 0.1) is 6.42 Å². The monoisotopic (exact) mass is 252 g/mol. The van der Waals surface area contributed by atoms with Gasteiger partial charge in [0.2, 0.25) is 5.91 Å². The number of carbonyl (C=O) groups excluding carboxylic acids is 1. The molecule has 98 valence electrons. The van der Waals surface area contributed by atoms with Crippen molar-refractivity contribution in [3.8, 4) is 0 Å². The van der Waals surface area contributed by atoms with E-state index < -0.39 is 5.97 Å². The normalized spacial score (nSPS) is 10.1. The van der Waals surface area contributed by atoms with Crippen LogP contribution in [0.25, 0.3) is 0 Å². The Labute approximate surface area is 104 Å². The Balaban J connectivity index is 2.67. The lowest BCUT2D eigenvalue weighted by atomic mass is 10.3. The predicted molar refractivity (Wildman–Crippen MR) is 65.3 cm³/mol. The number of nitrogens with zero attached hydrogens (tertiary/aromatic N) is 2. The molecule has 0 fully saturated rings. The number of amides is 1.